The van der Waals surface area contributed by atoms with Gasteiger partial charge in [-0.3, -0.25) is 0 Å². The fourth-order valence-electron chi connectivity index (χ4n) is 2.47. The van der Waals surface area contributed by atoms with Crippen LogP contribution in [0.25, 0.3) is 0 Å². The lowest BCUT2D eigenvalue weighted by molar-refractivity contribution is -0.101. The lowest BCUT2D eigenvalue weighted by Gasteiger charge is -2.32. The van der Waals surface area contributed by atoms with Gasteiger partial charge in [0.2, 0.25) is 0 Å². The van der Waals surface area contributed by atoms with E-state index in [0.717, 1.165) is 18.4 Å². The molecular weight excluding hydrogens is 228 g/mol. The Morgan fingerprint density at radius 1 is 1.39 bits per heavy atom. The second-order valence-electron chi connectivity index (χ2n) is 4.83. The molecule has 0 saturated heterocycles. The Kier molecular flexibility index (Phi) is 4.75. The van der Waals surface area contributed by atoms with Crippen molar-refractivity contribution in [1.29, 1.82) is 0 Å². The number of hydrogen-bond acceptors (Lipinski definition) is 3. The highest BCUT2D eigenvalue weighted by molar-refractivity contribution is 5.32. The lowest BCUT2D eigenvalue weighted by Crippen LogP contribution is -2.32. The molecule has 0 aliphatic heterocycles. The average molecular weight is 250 g/mol. The smallest absolute Gasteiger partial charge is 0.105 e. The molecule has 2 rings (SSSR count). The molecule has 3 heteroatoms. The molecule has 0 aromatic heterocycles. The van der Waals surface area contributed by atoms with Gasteiger partial charge in [0.1, 0.15) is 6.10 Å². The number of benzene rings is 1. The number of ether oxygens (including phenoxy) is 2. The van der Waals surface area contributed by atoms with Crippen LogP contribution in [0.15, 0.2) is 24.3 Å². The van der Waals surface area contributed by atoms with Gasteiger partial charge in [-0.05, 0) is 37.8 Å². The Morgan fingerprint density at radius 2 is 2.17 bits per heavy atom. The van der Waals surface area contributed by atoms with E-state index in [-0.39, 0.29) is 12.2 Å². The molecule has 1 N–H and O–H groups in total. The minimum Gasteiger partial charge on any atom is -0.386 e. The van der Waals surface area contributed by atoms with Crippen LogP contribution in [0.3, 0.4) is 0 Å². The third-order valence-corrected chi connectivity index (χ3v) is 3.39. The Labute approximate surface area is 109 Å². The van der Waals surface area contributed by atoms with Gasteiger partial charge in [0.15, 0.2) is 0 Å². The molecule has 0 spiro atoms. The van der Waals surface area contributed by atoms with E-state index in [1.807, 2.05) is 32.0 Å². The fourth-order valence-corrected chi connectivity index (χ4v) is 2.47. The van der Waals surface area contributed by atoms with Crippen molar-refractivity contribution in [2.45, 2.75) is 45.0 Å². The highest BCUT2D eigenvalue weighted by atomic mass is 16.5. The van der Waals surface area contributed by atoms with E-state index >= 15 is 0 Å². The first kappa shape index (κ1) is 13.5. The summed E-state index contributed by atoms with van der Waals surface area (Å²) in [4.78, 5) is 0. The summed E-state index contributed by atoms with van der Waals surface area (Å²) < 4.78 is 11.2. The molecule has 1 aliphatic carbocycles. The van der Waals surface area contributed by atoms with Crippen molar-refractivity contribution >= 4 is 0 Å². The van der Waals surface area contributed by atoms with Crippen molar-refractivity contribution in [1.82, 2.24) is 0 Å². The molecule has 18 heavy (non-hydrogen) atoms. The van der Waals surface area contributed by atoms with Crippen LogP contribution in [0.1, 0.15) is 37.5 Å². The molecule has 0 heterocycles. The number of rotatable bonds is 5. The Morgan fingerprint density at radius 3 is 2.94 bits per heavy atom. The molecule has 1 aliphatic rings. The van der Waals surface area contributed by atoms with Crippen LogP contribution in [0.5, 0.6) is 0 Å². The maximum Gasteiger partial charge on any atom is 0.105 e. The predicted molar refractivity (Wildman–Crippen MR) is 70.6 cm³/mol. The molecule has 1 aromatic carbocycles. The van der Waals surface area contributed by atoms with Crippen molar-refractivity contribution in [3.05, 3.63) is 35.4 Å². The normalized spacial score (nSPS) is 24.6. The summed E-state index contributed by atoms with van der Waals surface area (Å²) in [6, 6.07) is 8.06. The molecule has 3 nitrogen and oxygen atoms in total. The van der Waals surface area contributed by atoms with Gasteiger partial charge in [-0.1, -0.05) is 24.3 Å². The largest absolute Gasteiger partial charge is 0.386 e. The summed E-state index contributed by atoms with van der Waals surface area (Å²) in [5, 5.41) is 10.3. The maximum atomic E-state index is 10.3. The summed E-state index contributed by atoms with van der Waals surface area (Å²) in [6.45, 7) is 5.24. The minimum atomic E-state index is -0.515. The SMILES string of the molecule is CCOCC(C)OC1CCc2ccccc2C1O. The number of hydrogen-bond donors (Lipinski definition) is 1. The maximum absolute atomic E-state index is 10.3. The van der Waals surface area contributed by atoms with E-state index in [1.165, 1.54) is 5.56 Å². The number of aliphatic hydroxyl groups excluding tert-OH is 1. The first-order chi connectivity index (χ1) is 8.72. The van der Waals surface area contributed by atoms with Gasteiger partial charge in [-0.25, -0.2) is 0 Å². The highest BCUT2D eigenvalue weighted by Crippen LogP contribution is 2.32. The summed E-state index contributed by atoms with van der Waals surface area (Å²) in [6.07, 6.45) is 1.23. The van der Waals surface area contributed by atoms with Crippen LogP contribution in [-0.2, 0) is 15.9 Å². The van der Waals surface area contributed by atoms with E-state index in [4.69, 9.17) is 9.47 Å². The van der Waals surface area contributed by atoms with Gasteiger partial charge in [-0.15, -0.1) is 0 Å². The molecule has 0 radical (unpaired) electrons. The molecular formula is C15H22O3. The van der Waals surface area contributed by atoms with Crippen molar-refractivity contribution in [2.75, 3.05) is 13.2 Å². The number of fused-ring (bicyclic) bond motifs is 1. The van der Waals surface area contributed by atoms with Gasteiger partial charge in [0.25, 0.3) is 0 Å². The second kappa shape index (κ2) is 6.32. The van der Waals surface area contributed by atoms with Gasteiger partial charge in [-0.2, -0.15) is 0 Å². The standard InChI is InChI=1S/C15H22O3/c1-3-17-10-11(2)18-14-9-8-12-6-4-5-7-13(12)15(14)16/h4-7,11,14-16H,3,8-10H2,1-2H3. The predicted octanol–water partition coefficient (Wildman–Crippen LogP) is 2.48. The molecule has 0 amide bonds. The minimum absolute atomic E-state index is 0.0230. The van der Waals surface area contributed by atoms with Gasteiger partial charge >= 0.3 is 0 Å². The van der Waals surface area contributed by atoms with Crippen LogP contribution in [-0.4, -0.2) is 30.5 Å². The molecule has 0 saturated carbocycles. The van der Waals surface area contributed by atoms with Crippen molar-refractivity contribution in [3.8, 4) is 0 Å². The summed E-state index contributed by atoms with van der Waals surface area (Å²) in [5.41, 5.74) is 2.25. The van der Waals surface area contributed by atoms with Gasteiger partial charge in [0, 0.05) is 6.61 Å². The molecule has 3 unspecified atom stereocenters. The van der Waals surface area contributed by atoms with Crippen LogP contribution >= 0.6 is 0 Å². The average Bonchev–Trinajstić information content (AvgIpc) is 2.40. The van der Waals surface area contributed by atoms with E-state index < -0.39 is 6.10 Å². The molecule has 3 atom stereocenters. The van der Waals surface area contributed by atoms with E-state index in [0.29, 0.717) is 13.2 Å². The third kappa shape index (κ3) is 3.10. The van der Waals surface area contributed by atoms with Gasteiger partial charge in [0.05, 0.1) is 18.8 Å². The zero-order valence-electron chi connectivity index (χ0n) is 11.1. The molecule has 0 bridgehead atoms. The van der Waals surface area contributed by atoms with Gasteiger partial charge < -0.3 is 14.6 Å². The molecule has 0 fully saturated rings. The van der Waals surface area contributed by atoms with Crippen molar-refractivity contribution < 1.29 is 14.6 Å². The van der Waals surface area contributed by atoms with Crippen molar-refractivity contribution in [3.63, 3.8) is 0 Å². The Hall–Kier alpha value is -0.900. The molecule has 100 valence electrons. The second-order valence-corrected chi connectivity index (χ2v) is 4.83. The van der Waals surface area contributed by atoms with Crippen LogP contribution in [0.2, 0.25) is 0 Å². The molecule has 1 aromatic rings. The van der Waals surface area contributed by atoms with Crippen LogP contribution in [0, 0.1) is 0 Å². The third-order valence-electron chi connectivity index (χ3n) is 3.39. The first-order valence-corrected chi connectivity index (χ1v) is 6.71. The first-order valence-electron chi connectivity index (χ1n) is 6.71. The lowest BCUT2D eigenvalue weighted by atomic mass is 9.87. The number of aliphatic hydroxyl groups is 1. The number of aryl methyl sites for hydroxylation is 1. The summed E-state index contributed by atoms with van der Waals surface area (Å²) >= 11 is 0. The van der Waals surface area contributed by atoms with E-state index in [1.54, 1.807) is 0 Å². The quantitative estimate of drug-likeness (QED) is 0.872. The topological polar surface area (TPSA) is 38.7 Å². The summed E-state index contributed by atoms with van der Waals surface area (Å²) in [7, 11) is 0. The zero-order valence-corrected chi connectivity index (χ0v) is 11.1. The Balaban J connectivity index is 1.96. The summed E-state index contributed by atoms with van der Waals surface area (Å²) in [5.74, 6) is 0. The zero-order chi connectivity index (χ0) is 13.0. The monoisotopic (exact) mass is 250 g/mol. The highest BCUT2D eigenvalue weighted by Gasteiger charge is 2.29. The van der Waals surface area contributed by atoms with Crippen LogP contribution in [0.4, 0.5) is 0 Å². The Bertz CT molecular complexity index is 378. The fraction of sp³-hybridized carbons (Fsp3) is 0.600. The van der Waals surface area contributed by atoms with Crippen molar-refractivity contribution in [2.24, 2.45) is 0 Å². The van der Waals surface area contributed by atoms with E-state index in [9.17, 15) is 5.11 Å². The van der Waals surface area contributed by atoms with Crippen LogP contribution < -0.4 is 0 Å². The van der Waals surface area contributed by atoms with E-state index in [2.05, 4.69) is 6.07 Å².